The number of nitrogens with one attached hydrogen (secondary N) is 2. The lowest BCUT2D eigenvalue weighted by Gasteiger charge is -2.17. The predicted molar refractivity (Wildman–Crippen MR) is 106 cm³/mol. The predicted octanol–water partition coefficient (Wildman–Crippen LogP) is 1.99. The van der Waals surface area contributed by atoms with Crippen molar-refractivity contribution in [2.45, 2.75) is 25.6 Å². The molecule has 2 aromatic carbocycles. The zero-order chi connectivity index (χ0) is 20.8. The van der Waals surface area contributed by atoms with Crippen molar-refractivity contribution < 1.29 is 24.2 Å². The minimum absolute atomic E-state index is 0.109. The first-order valence-corrected chi connectivity index (χ1v) is 9.24. The van der Waals surface area contributed by atoms with E-state index >= 15 is 0 Å². The number of urea groups is 1. The molecule has 3 N–H and O–H groups in total. The van der Waals surface area contributed by atoms with Crippen LogP contribution in [0.1, 0.15) is 27.9 Å². The molecule has 0 spiro atoms. The maximum atomic E-state index is 12.5. The molecular weight excluding hydrogens is 374 g/mol. The quantitative estimate of drug-likeness (QED) is 0.662. The van der Waals surface area contributed by atoms with Crippen LogP contribution in [0.2, 0.25) is 0 Å². The molecule has 8 heteroatoms. The molecule has 1 aliphatic rings. The summed E-state index contributed by atoms with van der Waals surface area (Å²) >= 11 is 0. The number of nitrogens with zero attached hydrogens (tertiary/aromatic N) is 1. The average molecular weight is 397 g/mol. The Morgan fingerprint density at radius 3 is 2.38 bits per heavy atom. The second-order valence-electron chi connectivity index (χ2n) is 6.78. The van der Waals surface area contributed by atoms with Gasteiger partial charge >= 0.3 is 12.0 Å². The molecule has 1 fully saturated rings. The highest BCUT2D eigenvalue weighted by atomic mass is 16.5. The molecule has 1 atom stereocenters. The van der Waals surface area contributed by atoms with Gasteiger partial charge in [-0.3, -0.25) is 4.79 Å². The molecule has 1 aliphatic heterocycles. The normalized spacial score (nSPS) is 15.8. The number of hydrogen-bond donors (Lipinski definition) is 3. The minimum atomic E-state index is -0.999. The van der Waals surface area contributed by atoms with Crippen molar-refractivity contribution >= 4 is 17.9 Å². The number of methoxy groups -OCH3 is 1. The Kier molecular flexibility index (Phi) is 6.33. The fourth-order valence-corrected chi connectivity index (χ4v) is 3.14. The van der Waals surface area contributed by atoms with Gasteiger partial charge in [-0.15, -0.1) is 0 Å². The lowest BCUT2D eigenvalue weighted by atomic mass is 10.1. The third-order valence-electron chi connectivity index (χ3n) is 4.79. The highest BCUT2D eigenvalue weighted by Gasteiger charge is 2.32. The zero-order valence-electron chi connectivity index (χ0n) is 16.1. The maximum absolute atomic E-state index is 12.5. The Balaban J connectivity index is 1.46. The molecule has 1 unspecified atom stereocenters. The molecule has 3 rings (SSSR count). The summed E-state index contributed by atoms with van der Waals surface area (Å²) in [6, 6.07) is 12.8. The van der Waals surface area contributed by atoms with E-state index in [4.69, 9.17) is 9.84 Å². The fraction of sp³-hybridized carbons (Fsp3) is 0.286. The third kappa shape index (κ3) is 5.25. The van der Waals surface area contributed by atoms with E-state index < -0.39 is 18.0 Å². The number of hydrogen-bond acceptors (Lipinski definition) is 4. The number of amides is 3. The Hall–Kier alpha value is -3.55. The first-order chi connectivity index (χ1) is 14.0. The molecular formula is C21H23N3O5. The first kappa shape index (κ1) is 20.2. The van der Waals surface area contributed by atoms with Crippen LogP contribution in [0.3, 0.4) is 0 Å². The van der Waals surface area contributed by atoms with Crippen LogP contribution in [-0.4, -0.2) is 47.6 Å². The zero-order valence-corrected chi connectivity index (χ0v) is 16.1. The summed E-state index contributed by atoms with van der Waals surface area (Å²) in [7, 11) is 1.60. The number of carboxylic acids is 1. The Bertz CT molecular complexity index is 880. The maximum Gasteiger partial charge on any atom is 0.335 e. The summed E-state index contributed by atoms with van der Waals surface area (Å²) in [4.78, 5) is 37.2. The number of carbonyl (C=O) groups excluding carboxylic acids is 2. The average Bonchev–Trinajstić information content (AvgIpc) is 3.06. The number of aromatic carboxylic acids is 1. The highest BCUT2D eigenvalue weighted by molar-refractivity contribution is 5.89. The fourth-order valence-electron chi connectivity index (χ4n) is 3.14. The lowest BCUT2D eigenvalue weighted by Crippen LogP contribution is -2.45. The van der Waals surface area contributed by atoms with Crippen molar-refractivity contribution in [3.63, 3.8) is 0 Å². The van der Waals surface area contributed by atoms with E-state index in [1.165, 1.54) is 12.1 Å². The molecule has 0 radical (unpaired) electrons. The van der Waals surface area contributed by atoms with E-state index in [1.54, 1.807) is 24.1 Å². The summed E-state index contributed by atoms with van der Waals surface area (Å²) < 4.78 is 5.13. The van der Waals surface area contributed by atoms with Crippen LogP contribution in [0.4, 0.5) is 4.79 Å². The Morgan fingerprint density at radius 1 is 1.10 bits per heavy atom. The van der Waals surface area contributed by atoms with Crippen LogP contribution in [-0.2, 0) is 17.9 Å². The van der Waals surface area contributed by atoms with Crippen molar-refractivity contribution in [3.8, 4) is 5.75 Å². The molecule has 152 valence electrons. The minimum Gasteiger partial charge on any atom is -0.497 e. The number of rotatable bonds is 7. The van der Waals surface area contributed by atoms with Gasteiger partial charge in [-0.2, -0.15) is 0 Å². The molecule has 8 nitrogen and oxygen atoms in total. The monoisotopic (exact) mass is 397 g/mol. The van der Waals surface area contributed by atoms with Gasteiger partial charge in [0, 0.05) is 19.6 Å². The summed E-state index contributed by atoms with van der Waals surface area (Å²) in [6.45, 7) is 1.30. The van der Waals surface area contributed by atoms with Crippen LogP contribution < -0.4 is 15.4 Å². The highest BCUT2D eigenvalue weighted by Crippen LogP contribution is 2.17. The van der Waals surface area contributed by atoms with Crippen LogP contribution >= 0.6 is 0 Å². The lowest BCUT2D eigenvalue weighted by molar-refractivity contribution is -0.129. The Labute approximate surface area is 168 Å². The number of carbonyl (C=O) groups is 3. The van der Waals surface area contributed by atoms with Crippen LogP contribution in [0, 0.1) is 0 Å². The SMILES string of the molecule is COc1ccc(CN2CCC(NC(=O)NCc3ccc(C(=O)O)cc3)C2=O)cc1. The summed E-state index contributed by atoms with van der Waals surface area (Å²) in [5, 5.41) is 14.3. The van der Waals surface area contributed by atoms with Crippen molar-refractivity contribution in [3.05, 3.63) is 65.2 Å². The van der Waals surface area contributed by atoms with Crippen molar-refractivity contribution in [1.29, 1.82) is 0 Å². The van der Waals surface area contributed by atoms with Gasteiger partial charge in [-0.1, -0.05) is 24.3 Å². The van der Waals surface area contributed by atoms with Crippen LogP contribution in [0.5, 0.6) is 5.75 Å². The van der Waals surface area contributed by atoms with Crippen molar-refractivity contribution in [1.82, 2.24) is 15.5 Å². The van der Waals surface area contributed by atoms with Gasteiger partial charge in [-0.25, -0.2) is 9.59 Å². The summed E-state index contributed by atoms with van der Waals surface area (Å²) in [5.74, 6) is -0.349. The van der Waals surface area contributed by atoms with Gasteiger partial charge in [0.15, 0.2) is 0 Å². The van der Waals surface area contributed by atoms with Crippen LogP contribution in [0.25, 0.3) is 0 Å². The number of benzene rings is 2. The molecule has 0 bridgehead atoms. The summed E-state index contributed by atoms with van der Waals surface area (Å²) in [5.41, 5.74) is 1.95. The van der Waals surface area contributed by atoms with Crippen LogP contribution in [0.15, 0.2) is 48.5 Å². The number of carboxylic acid groups (broad SMARTS) is 1. The number of likely N-dealkylation sites (tertiary alicyclic amines) is 1. The first-order valence-electron chi connectivity index (χ1n) is 9.24. The second-order valence-corrected chi connectivity index (χ2v) is 6.78. The van der Waals surface area contributed by atoms with Gasteiger partial charge < -0.3 is 25.4 Å². The van der Waals surface area contributed by atoms with E-state index in [0.717, 1.165) is 16.9 Å². The van der Waals surface area contributed by atoms with Gasteiger partial charge in [0.05, 0.1) is 12.7 Å². The third-order valence-corrected chi connectivity index (χ3v) is 4.79. The molecule has 0 aliphatic carbocycles. The molecule has 0 saturated carbocycles. The van der Waals surface area contributed by atoms with Crippen molar-refractivity contribution in [2.24, 2.45) is 0 Å². The topological polar surface area (TPSA) is 108 Å². The number of ether oxygens (including phenoxy) is 1. The molecule has 1 saturated heterocycles. The molecule has 2 aromatic rings. The van der Waals surface area contributed by atoms with E-state index in [-0.39, 0.29) is 18.0 Å². The second kappa shape index (κ2) is 9.09. The van der Waals surface area contributed by atoms with E-state index in [1.807, 2.05) is 24.3 Å². The largest absolute Gasteiger partial charge is 0.497 e. The van der Waals surface area contributed by atoms with Gasteiger partial charge in [0.2, 0.25) is 5.91 Å². The Morgan fingerprint density at radius 2 is 1.76 bits per heavy atom. The van der Waals surface area contributed by atoms with E-state index in [2.05, 4.69) is 10.6 Å². The molecule has 3 amide bonds. The molecule has 1 heterocycles. The van der Waals surface area contributed by atoms with E-state index in [0.29, 0.717) is 19.5 Å². The van der Waals surface area contributed by atoms with E-state index in [9.17, 15) is 14.4 Å². The smallest absolute Gasteiger partial charge is 0.335 e. The van der Waals surface area contributed by atoms with Gasteiger partial charge in [0.25, 0.3) is 0 Å². The van der Waals surface area contributed by atoms with Gasteiger partial charge in [-0.05, 0) is 41.8 Å². The molecule has 29 heavy (non-hydrogen) atoms. The summed E-state index contributed by atoms with van der Waals surface area (Å²) in [6.07, 6.45) is 0.551. The van der Waals surface area contributed by atoms with Crippen molar-refractivity contribution in [2.75, 3.05) is 13.7 Å². The molecule has 0 aromatic heterocycles. The standard InChI is InChI=1S/C21H23N3O5/c1-29-17-8-4-15(5-9-17)13-24-11-10-18(19(24)25)23-21(28)22-12-14-2-6-16(7-3-14)20(26)27/h2-9,18H,10-13H2,1H3,(H,26,27)(H2,22,23,28). The van der Waals surface area contributed by atoms with Gasteiger partial charge in [0.1, 0.15) is 11.8 Å².